The summed E-state index contributed by atoms with van der Waals surface area (Å²) in [5.41, 5.74) is 6.49. The van der Waals surface area contributed by atoms with Crippen LogP contribution in [0.4, 0.5) is 0 Å². The van der Waals surface area contributed by atoms with Gasteiger partial charge < -0.3 is 5.73 Å². The highest BCUT2D eigenvalue weighted by Crippen LogP contribution is 2.25. The average molecular weight is 294 g/mol. The van der Waals surface area contributed by atoms with Crippen LogP contribution in [0.3, 0.4) is 0 Å². The van der Waals surface area contributed by atoms with Crippen molar-refractivity contribution in [3.8, 4) is 0 Å². The summed E-state index contributed by atoms with van der Waals surface area (Å²) < 4.78 is 26.8. The minimum absolute atomic E-state index is 0.361. The predicted octanol–water partition coefficient (Wildman–Crippen LogP) is 1.55. The normalized spacial score (nSPS) is 11.9. The van der Waals surface area contributed by atoms with Gasteiger partial charge in [0.2, 0.25) is 10.0 Å². The minimum atomic E-state index is -3.35. The molecule has 0 unspecified atom stereocenters. The first-order valence-electron chi connectivity index (χ1n) is 5.29. The van der Waals surface area contributed by atoms with Crippen LogP contribution in [0.25, 0.3) is 0 Å². The third-order valence-corrected chi connectivity index (χ3v) is 6.16. The van der Waals surface area contributed by atoms with Crippen LogP contribution in [0.15, 0.2) is 10.3 Å². The minimum Gasteiger partial charge on any atom is -0.326 e. The van der Waals surface area contributed by atoms with Crippen molar-refractivity contribution >= 4 is 33.1 Å². The van der Waals surface area contributed by atoms with E-state index in [2.05, 4.69) is 4.72 Å². The largest absolute Gasteiger partial charge is 0.326 e. The van der Waals surface area contributed by atoms with Gasteiger partial charge in [-0.15, -0.1) is 11.3 Å². The molecule has 7 heteroatoms. The second kappa shape index (κ2) is 6.75. The molecule has 0 fully saturated rings. The Morgan fingerprint density at radius 3 is 2.76 bits per heavy atom. The first-order valence-corrected chi connectivity index (χ1v) is 8.98. The van der Waals surface area contributed by atoms with E-state index in [1.165, 1.54) is 11.3 Å². The molecule has 0 aliphatic heterocycles. The lowest BCUT2D eigenvalue weighted by atomic mass is 10.3. The summed E-state index contributed by atoms with van der Waals surface area (Å²) in [7, 11) is -3.35. The van der Waals surface area contributed by atoms with Crippen LogP contribution in [0.1, 0.15) is 16.9 Å². The third-order valence-electron chi connectivity index (χ3n) is 2.27. The molecule has 1 aromatic rings. The molecular formula is C10H18N2O2S3. The molecule has 0 saturated carbocycles. The zero-order valence-corrected chi connectivity index (χ0v) is 12.5. The first-order chi connectivity index (χ1) is 8.01. The van der Waals surface area contributed by atoms with Crippen molar-refractivity contribution in [3.63, 3.8) is 0 Å². The van der Waals surface area contributed by atoms with E-state index in [1.54, 1.807) is 17.8 Å². The molecule has 0 aliphatic rings. The van der Waals surface area contributed by atoms with Crippen molar-refractivity contribution < 1.29 is 8.42 Å². The molecule has 0 bridgehead atoms. The van der Waals surface area contributed by atoms with E-state index in [1.807, 2.05) is 13.2 Å². The average Bonchev–Trinajstić information content (AvgIpc) is 2.67. The molecule has 0 saturated heterocycles. The molecule has 17 heavy (non-hydrogen) atoms. The molecular weight excluding hydrogens is 276 g/mol. The summed E-state index contributed by atoms with van der Waals surface area (Å²) in [4.78, 5) is 0.925. The molecule has 1 rings (SSSR count). The monoisotopic (exact) mass is 294 g/mol. The Hall–Kier alpha value is -0.0800. The Labute approximate surface area is 111 Å². The van der Waals surface area contributed by atoms with Crippen LogP contribution < -0.4 is 10.5 Å². The van der Waals surface area contributed by atoms with E-state index in [4.69, 9.17) is 5.73 Å². The van der Waals surface area contributed by atoms with Crippen LogP contribution in [0.2, 0.25) is 0 Å². The van der Waals surface area contributed by atoms with Crippen molar-refractivity contribution in [3.05, 3.63) is 16.5 Å². The first kappa shape index (κ1) is 15.0. The Morgan fingerprint density at radius 2 is 2.24 bits per heavy atom. The van der Waals surface area contributed by atoms with Crippen LogP contribution >= 0.6 is 23.1 Å². The van der Waals surface area contributed by atoms with Gasteiger partial charge in [-0.2, -0.15) is 11.8 Å². The standard InChI is InChI=1S/C10H18N2O2S3/c1-8-6-10(16-9(8)7-11)17(13,14)12-4-3-5-15-2/h6,12H,3-5,7,11H2,1-2H3. The summed E-state index contributed by atoms with van der Waals surface area (Å²) in [5.74, 6) is 0.958. The SMILES string of the molecule is CSCCCNS(=O)(=O)c1cc(C)c(CN)s1. The Morgan fingerprint density at radius 1 is 1.53 bits per heavy atom. The lowest BCUT2D eigenvalue weighted by Gasteiger charge is -2.03. The zero-order chi connectivity index (χ0) is 12.9. The fourth-order valence-corrected chi connectivity index (χ4v) is 4.34. The fraction of sp³-hybridized carbons (Fsp3) is 0.600. The van der Waals surface area contributed by atoms with E-state index in [0.717, 1.165) is 22.6 Å². The summed E-state index contributed by atoms with van der Waals surface area (Å²) in [6, 6.07) is 1.68. The van der Waals surface area contributed by atoms with E-state index in [9.17, 15) is 8.42 Å². The molecule has 0 atom stereocenters. The molecule has 3 N–H and O–H groups in total. The molecule has 0 aliphatic carbocycles. The van der Waals surface area contributed by atoms with Crippen molar-refractivity contribution in [2.24, 2.45) is 5.73 Å². The second-order valence-corrected chi connectivity index (χ2v) is 7.74. The van der Waals surface area contributed by atoms with Gasteiger partial charge in [0.1, 0.15) is 4.21 Å². The highest BCUT2D eigenvalue weighted by atomic mass is 32.2. The van der Waals surface area contributed by atoms with Gasteiger partial charge in [0.05, 0.1) is 0 Å². The number of hydrogen-bond acceptors (Lipinski definition) is 5. The van der Waals surface area contributed by atoms with E-state index < -0.39 is 10.0 Å². The topological polar surface area (TPSA) is 72.2 Å². The van der Waals surface area contributed by atoms with Crippen molar-refractivity contribution in [1.82, 2.24) is 4.72 Å². The number of sulfonamides is 1. The second-order valence-electron chi connectivity index (χ2n) is 3.62. The van der Waals surface area contributed by atoms with Crippen LogP contribution in [-0.4, -0.2) is 27.0 Å². The van der Waals surface area contributed by atoms with Crippen LogP contribution in [-0.2, 0) is 16.6 Å². The fourth-order valence-electron chi connectivity index (χ4n) is 1.32. The number of rotatable bonds is 7. The smallest absolute Gasteiger partial charge is 0.250 e. The Kier molecular flexibility index (Phi) is 5.94. The Balaban J connectivity index is 2.69. The highest BCUT2D eigenvalue weighted by Gasteiger charge is 2.17. The maximum absolute atomic E-state index is 11.9. The predicted molar refractivity (Wildman–Crippen MR) is 75.1 cm³/mol. The van der Waals surface area contributed by atoms with E-state index >= 15 is 0 Å². The van der Waals surface area contributed by atoms with Gasteiger partial charge in [0.15, 0.2) is 0 Å². The lowest BCUT2D eigenvalue weighted by molar-refractivity contribution is 0.583. The number of thiophene rings is 1. The molecule has 0 aromatic carbocycles. The molecule has 98 valence electrons. The van der Waals surface area contributed by atoms with Crippen molar-refractivity contribution in [1.29, 1.82) is 0 Å². The molecule has 0 radical (unpaired) electrons. The van der Waals surface area contributed by atoms with Gasteiger partial charge in [-0.1, -0.05) is 0 Å². The summed E-state index contributed by atoms with van der Waals surface area (Å²) in [6.45, 7) is 2.75. The molecule has 1 heterocycles. The van der Waals surface area contributed by atoms with E-state index in [-0.39, 0.29) is 0 Å². The summed E-state index contributed by atoms with van der Waals surface area (Å²) in [5, 5.41) is 0. The lowest BCUT2D eigenvalue weighted by Crippen LogP contribution is -2.24. The maximum Gasteiger partial charge on any atom is 0.250 e. The van der Waals surface area contributed by atoms with Gasteiger partial charge in [-0.3, -0.25) is 0 Å². The number of nitrogens with two attached hydrogens (primary N) is 1. The number of thioether (sulfide) groups is 1. The van der Waals surface area contributed by atoms with Gasteiger partial charge in [-0.25, -0.2) is 13.1 Å². The Bertz CT molecular complexity index is 454. The van der Waals surface area contributed by atoms with Gasteiger partial charge >= 0.3 is 0 Å². The molecule has 1 aromatic heterocycles. The third kappa shape index (κ3) is 4.26. The van der Waals surface area contributed by atoms with E-state index in [0.29, 0.717) is 17.3 Å². The number of aryl methyl sites for hydroxylation is 1. The summed E-state index contributed by atoms with van der Waals surface area (Å²) in [6.07, 6.45) is 2.85. The number of hydrogen-bond donors (Lipinski definition) is 2. The van der Waals surface area contributed by atoms with Crippen LogP contribution in [0.5, 0.6) is 0 Å². The quantitative estimate of drug-likeness (QED) is 0.748. The van der Waals surface area contributed by atoms with Crippen molar-refractivity contribution in [2.45, 2.75) is 24.1 Å². The summed E-state index contributed by atoms with van der Waals surface area (Å²) >= 11 is 2.96. The number of nitrogens with one attached hydrogen (secondary N) is 1. The zero-order valence-electron chi connectivity index (χ0n) is 10.0. The molecule has 0 amide bonds. The van der Waals surface area contributed by atoms with Gasteiger partial charge in [-0.05, 0) is 37.0 Å². The molecule has 0 spiro atoms. The van der Waals surface area contributed by atoms with Crippen LogP contribution in [0, 0.1) is 6.92 Å². The highest BCUT2D eigenvalue weighted by molar-refractivity contribution is 7.98. The molecule has 4 nitrogen and oxygen atoms in total. The maximum atomic E-state index is 11.9. The van der Waals surface area contributed by atoms with Gasteiger partial charge in [0, 0.05) is 18.0 Å². The van der Waals surface area contributed by atoms with Crippen molar-refractivity contribution in [2.75, 3.05) is 18.6 Å². The van der Waals surface area contributed by atoms with Gasteiger partial charge in [0.25, 0.3) is 0 Å².